The van der Waals surface area contributed by atoms with E-state index in [0.717, 1.165) is 51.7 Å². The number of fused-ring (bicyclic) bond motifs is 3. The van der Waals surface area contributed by atoms with Crippen LogP contribution in [0.2, 0.25) is 0 Å². The Morgan fingerprint density at radius 3 is 1.85 bits per heavy atom. The molecule has 6 rings (SSSR count). The molecule has 26 nitrogen and oxygen atoms in total. The van der Waals surface area contributed by atoms with E-state index in [4.69, 9.17) is 9.47 Å². The number of halogens is 5. The molecule has 0 aromatic rings. The van der Waals surface area contributed by atoms with Gasteiger partial charge in [-0.1, -0.05) is 105 Å². The van der Waals surface area contributed by atoms with E-state index >= 15 is 37.5 Å². The van der Waals surface area contributed by atoms with E-state index in [1.54, 1.807) is 33.8 Å². The predicted octanol–water partition coefficient (Wildman–Crippen LogP) is 5.44. The zero-order valence-electron chi connectivity index (χ0n) is 65.4. The molecular weight excluding hydrogens is 1390 g/mol. The van der Waals surface area contributed by atoms with Crippen molar-refractivity contribution >= 4 is 70.9 Å². The summed E-state index contributed by atoms with van der Waals surface area (Å²) in [6.07, 6.45) is -4.92. The highest BCUT2D eigenvalue weighted by Crippen LogP contribution is 2.50. The smallest absolute Gasteiger partial charge is 0.379 e. The normalized spacial score (nSPS) is 30.5. The van der Waals surface area contributed by atoms with Gasteiger partial charge in [-0.15, -0.1) is 0 Å². The van der Waals surface area contributed by atoms with Crippen LogP contribution in [0.3, 0.4) is 0 Å². The largest absolute Gasteiger partial charge is 0.397 e. The van der Waals surface area contributed by atoms with Gasteiger partial charge in [-0.05, 0) is 101 Å². The number of hydrogen-bond acceptors (Lipinski definition) is 14. The van der Waals surface area contributed by atoms with Gasteiger partial charge in [-0.2, -0.15) is 13.2 Å². The average Bonchev–Trinajstić information content (AvgIpc) is 0.888. The molecule has 5 fully saturated rings. The summed E-state index contributed by atoms with van der Waals surface area (Å²) in [6.45, 7) is 12.6. The minimum atomic E-state index is -5.18. The first-order valence-electron chi connectivity index (χ1n) is 38.2. The summed E-state index contributed by atoms with van der Waals surface area (Å²) in [7, 11) is 11.1. The minimum Gasteiger partial charge on any atom is -0.379 e. The number of alkyl halides is 5. The van der Waals surface area contributed by atoms with Crippen molar-refractivity contribution in [3.63, 3.8) is 0 Å². The van der Waals surface area contributed by atoms with E-state index in [0.29, 0.717) is 25.7 Å². The molecule has 3 saturated carbocycles. The zero-order valence-corrected chi connectivity index (χ0v) is 65.4. The Bertz CT molecular complexity index is 3110. The van der Waals surface area contributed by atoms with Crippen LogP contribution >= 0.6 is 0 Å². The van der Waals surface area contributed by atoms with Crippen LogP contribution in [0.1, 0.15) is 177 Å². The Labute approximate surface area is 623 Å². The molecule has 0 aromatic carbocycles. The highest BCUT2D eigenvalue weighted by molar-refractivity contribution is 6.01. The monoisotopic (exact) mass is 1510 g/mol. The lowest BCUT2D eigenvalue weighted by atomic mass is 9.58. The van der Waals surface area contributed by atoms with Crippen LogP contribution in [-0.2, 0) is 67.0 Å². The molecule has 12 atom stereocenters. The number of carbonyl (C=O) groups excluding carboxylic acids is 12. The number of rotatable bonds is 16. The molecule has 600 valence electrons. The lowest BCUT2D eigenvalue weighted by molar-refractivity contribution is -0.219. The lowest BCUT2D eigenvalue weighted by Crippen LogP contribution is -2.71. The van der Waals surface area contributed by atoms with E-state index in [1.807, 2.05) is 33.8 Å². The van der Waals surface area contributed by atoms with Gasteiger partial charge in [-0.3, -0.25) is 57.5 Å². The van der Waals surface area contributed by atoms with E-state index in [-0.39, 0.29) is 77.4 Å². The maximum absolute atomic E-state index is 15.8. The van der Waals surface area contributed by atoms with Crippen LogP contribution in [0.15, 0.2) is 12.2 Å². The van der Waals surface area contributed by atoms with Crippen LogP contribution in [-0.4, -0.2) is 296 Å². The van der Waals surface area contributed by atoms with Crippen molar-refractivity contribution in [3.05, 3.63) is 12.2 Å². The topological polar surface area (TPSA) is 289 Å². The van der Waals surface area contributed by atoms with E-state index < -0.39 is 217 Å². The quantitative estimate of drug-likeness (QED) is 0.128. The first kappa shape index (κ1) is 87.9. The second-order valence-corrected chi connectivity index (χ2v) is 31.6. The van der Waals surface area contributed by atoms with Gasteiger partial charge in [0.25, 0.3) is 0 Å². The van der Waals surface area contributed by atoms with Crippen molar-refractivity contribution in [2.75, 3.05) is 102 Å². The Morgan fingerprint density at radius 2 is 1.28 bits per heavy atom. The summed E-state index contributed by atoms with van der Waals surface area (Å²) >= 11 is 0. The van der Waals surface area contributed by atoms with Crippen molar-refractivity contribution in [1.29, 1.82) is 0 Å². The van der Waals surface area contributed by atoms with Gasteiger partial charge < -0.3 is 69.5 Å². The summed E-state index contributed by atoms with van der Waals surface area (Å²) < 4.78 is 84.8. The number of amides is 12. The minimum absolute atomic E-state index is 0.00267. The fourth-order valence-corrected chi connectivity index (χ4v) is 16.8. The fourth-order valence-electron chi connectivity index (χ4n) is 16.8. The van der Waals surface area contributed by atoms with Gasteiger partial charge in [0.1, 0.15) is 72.1 Å². The summed E-state index contributed by atoms with van der Waals surface area (Å²) in [5.41, 5.74) is -2.33. The van der Waals surface area contributed by atoms with Crippen molar-refractivity contribution in [1.82, 2.24) is 60.0 Å². The molecule has 106 heavy (non-hydrogen) atoms. The highest BCUT2D eigenvalue weighted by Gasteiger charge is 2.60. The zero-order chi connectivity index (χ0) is 79.2. The molecule has 3 N–H and O–H groups in total. The van der Waals surface area contributed by atoms with Crippen LogP contribution in [0.5, 0.6) is 0 Å². The molecule has 2 bridgehead atoms. The molecule has 2 unspecified atom stereocenters. The molecule has 0 radical (unpaired) electrons. The number of nitrogens with one attached hydrogen (secondary N) is 3. The van der Waals surface area contributed by atoms with Gasteiger partial charge in [0.05, 0.1) is 32.2 Å². The second-order valence-electron chi connectivity index (χ2n) is 31.6. The van der Waals surface area contributed by atoms with Crippen LogP contribution in [0.25, 0.3) is 0 Å². The molecule has 0 aromatic heterocycles. The molecule has 2 saturated heterocycles. The summed E-state index contributed by atoms with van der Waals surface area (Å²) in [5, 5.41) is 8.53. The fraction of sp³-hybridized carbons (Fsp3) is 0.813. The third-order valence-electron chi connectivity index (χ3n) is 23.1. The van der Waals surface area contributed by atoms with Gasteiger partial charge >= 0.3 is 6.18 Å². The van der Waals surface area contributed by atoms with Crippen molar-refractivity contribution in [2.45, 2.75) is 256 Å². The van der Waals surface area contributed by atoms with Crippen molar-refractivity contribution in [2.24, 2.45) is 35.0 Å². The highest BCUT2D eigenvalue weighted by atomic mass is 19.4. The molecule has 3 aliphatic carbocycles. The number of ether oxygens (including phenoxy) is 2. The van der Waals surface area contributed by atoms with E-state index in [2.05, 4.69) is 16.0 Å². The maximum atomic E-state index is 15.8. The van der Waals surface area contributed by atoms with Gasteiger partial charge in [0.2, 0.25) is 70.9 Å². The van der Waals surface area contributed by atoms with Crippen LogP contribution in [0, 0.1) is 35.0 Å². The SMILES string of the molecule is CCOC[C@H]1C(=O)N[C@@H]([C@@H](C)CC)C(=O)N(C)CC(=O)N(C)[C@H]2C/C=C\CCN(C2=O)[C@@H](CC2CCCCC2)C(=O)N(C)CC(=O)N[C@@H](CCC2CC(F)C(C(F)(F)F)C(F)C2)C(=O)N2C[C@H](OCC)C[C@H]2C(=O)NC2(CC(C)(C)C2)C(=O)N(C)[C@@H](C(CC)CC)C(=O)N(C)[C@H](C(=O)N(C)C)CC(=O)N1C. The molecule has 31 heteroatoms. The van der Waals surface area contributed by atoms with Crippen LogP contribution in [0.4, 0.5) is 22.0 Å². The average molecular weight is 1510 g/mol. The molecule has 6 aliphatic rings. The third-order valence-corrected chi connectivity index (χ3v) is 23.1. The Balaban J connectivity index is 1.50. The summed E-state index contributed by atoms with van der Waals surface area (Å²) in [6, 6.07) is -11.1. The summed E-state index contributed by atoms with van der Waals surface area (Å²) in [4.78, 5) is 192. The summed E-state index contributed by atoms with van der Waals surface area (Å²) in [5.74, 6) is -14.1. The Morgan fingerprint density at radius 1 is 0.660 bits per heavy atom. The first-order valence-corrected chi connectivity index (χ1v) is 38.2. The van der Waals surface area contributed by atoms with E-state index in [1.165, 1.54) is 80.9 Å². The van der Waals surface area contributed by atoms with E-state index in [9.17, 15) is 41.9 Å². The van der Waals surface area contributed by atoms with Gasteiger partial charge in [0.15, 0.2) is 0 Å². The number of nitrogens with zero attached hydrogens (tertiary/aromatic N) is 9. The Kier molecular flexibility index (Phi) is 31.8. The van der Waals surface area contributed by atoms with Crippen molar-refractivity contribution < 1.29 is 89.0 Å². The molecule has 3 heterocycles. The molecule has 3 aliphatic heterocycles. The third kappa shape index (κ3) is 21.5. The molecule has 1 spiro atoms. The van der Waals surface area contributed by atoms with Gasteiger partial charge in [-0.25, -0.2) is 8.78 Å². The molecule has 12 amide bonds. The first-order chi connectivity index (χ1) is 49.7. The van der Waals surface area contributed by atoms with Crippen molar-refractivity contribution in [3.8, 4) is 0 Å². The molecular formula is C75H121F5N12O14. The number of likely N-dealkylation sites (N-methyl/N-ethyl adjacent to an activating group) is 7. The van der Waals surface area contributed by atoms with Gasteiger partial charge in [0, 0.05) is 89.1 Å². The number of hydrogen-bond donors (Lipinski definition) is 3. The van der Waals surface area contributed by atoms with Crippen LogP contribution < -0.4 is 16.0 Å². The Hall–Kier alpha value is -7.05. The maximum Gasteiger partial charge on any atom is 0.397 e. The number of carbonyl (C=O) groups is 12. The lowest BCUT2D eigenvalue weighted by Gasteiger charge is -2.54. The predicted molar refractivity (Wildman–Crippen MR) is 384 cm³/mol. The standard InChI is InChI=1S/C75H121F5N12O14/c1-17-45(6)62-70(102)86(12)41-60(95)87(13)53-30-26-23-27-33-91(69(53)101)56(36-46-28-24-22-25-29-46)68(100)85(11)40-58(93)81-52(32-31-47-34-50(76)61(51(77)35-47)75(78,79)80)66(98)92-39-49(106-21-5)37-54(92)65(97)83-74(43-73(7,8)44-74)72(104)90(16)63(48(18-2)19-3)71(103)89(15)55(67(99)84(9)10)38-59(94)88(14)57(42-105-20-4)64(96)82-62/h23,26,45-57,61-63H,17-22,24-25,27-44H2,1-16H3,(H,81,93)(H,82,96)(H,83,97)/b26-23-/t45-,47?,49+,50?,51?,52-,53-,54-,55-,56-,57-,61?,62-,63-/m0/s1. The second kappa shape index (κ2) is 38.3.